The predicted octanol–water partition coefficient (Wildman–Crippen LogP) is 4.37. The molecule has 1 saturated heterocycles. The summed E-state index contributed by atoms with van der Waals surface area (Å²) in [5.41, 5.74) is 2.90. The number of thiazole rings is 1. The number of halogens is 1. The van der Waals surface area contributed by atoms with E-state index in [1.807, 2.05) is 30.3 Å². The Hall–Kier alpha value is -2.31. The van der Waals surface area contributed by atoms with Gasteiger partial charge in [-0.2, -0.15) is 4.57 Å². The van der Waals surface area contributed by atoms with Crippen LogP contribution < -0.4 is 19.1 Å². The average Bonchev–Trinajstić information content (AvgIpc) is 3.49. The van der Waals surface area contributed by atoms with Gasteiger partial charge in [-0.25, -0.2) is 17.9 Å². The second-order valence-electron chi connectivity index (χ2n) is 9.04. The highest BCUT2D eigenvalue weighted by Crippen LogP contribution is 2.47. The molecule has 2 aliphatic rings. The van der Waals surface area contributed by atoms with E-state index in [9.17, 15) is 18.3 Å². The topological polar surface area (TPSA) is 93.8 Å². The van der Waals surface area contributed by atoms with Gasteiger partial charge in [-0.15, -0.1) is 0 Å². The predicted molar refractivity (Wildman–Crippen MR) is 151 cm³/mol. The number of thioether (sulfide) groups is 1. The number of nitrogens with zero attached hydrogens (tertiary/aromatic N) is 3. The fourth-order valence-corrected chi connectivity index (χ4v) is 8.43. The van der Waals surface area contributed by atoms with E-state index < -0.39 is 28.1 Å². The van der Waals surface area contributed by atoms with Gasteiger partial charge in [0.05, 0.1) is 29.1 Å². The monoisotopic (exact) mass is 579 g/mol. The lowest BCUT2D eigenvalue weighted by Crippen LogP contribution is -2.49. The van der Waals surface area contributed by atoms with Crippen LogP contribution in [0.2, 0.25) is 5.02 Å². The van der Waals surface area contributed by atoms with Crippen molar-refractivity contribution in [3.05, 3.63) is 51.5 Å². The van der Waals surface area contributed by atoms with Crippen LogP contribution in [0, 0.1) is 0 Å². The molecule has 0 aliphatic carbocycles. The molecule has 2 unspecified atom stereocenters. The number of carboxylic acids is 1. The number of rotatable bonds is 7. The number of hydrogen-bond donors (Lipinski definition) is 2. The quantitative estimate of drug-likeness (QED) is 0.401. The highest BCUT2D eigenvalue weighted by molar-refractivity contribution is 8.03. The molecule has 2 atom stereocenters. The van der Waals surface area contributed by atoms with Crippen LogP contribution in [0.4, 0.5) is 11.4 Å². The summed E-state index contributed by atoms with van der Waals surface area (Å²) in [6, 6.07) is 10.3. The van der Waals surface area contributed by atoms with Crippen molar-refractivity contribution in [2.24, 2.45) is 0 Å². The Bertz CT molecular complexity index is 1520. The Morgan fingerprint density at radius 1 is 1.27 bits per heavy atom. The van der Waals surface area contributed by atoms with Gasteiger partial charge in [0.2, 0.25) is 15.5 Å². The van der Waals surface area contributed by atoms with Gasteiger partial charge in [0.25, 0.3) is 5.01 Å². The number of aliphatic carboxylic acids is 1. The van der Waals surface area contributed by atoms with Gasteiger partial charge in [0.15, 0.2) is 0 Å². The van der Waals surface area contributed by atoms with E-state index in [4.69, 9.17) is 11.6 Å². The average molecular weight is 580 g/mol. The molecule has 12 heteroatoms. The van der Waals surface area contributed by atoms with Crippen molar-refractivity contribution in [1.82, 2.24) is 4.72 Å². The minimum atomic E-state index is -3.52. The fourth-order valence-electron chi connectivity index (χ4n) is 5.10. The number of carbonyl (C=O) groups is 1. The van der Waals surface area contributed by atoms with Gasteiger partial charge < -0.3 is 14.9 Å². The molecule has 0 bridgehead atoms. The van der Waals surface area contributed by atoms with Crippen molar-refractivity contribution in [2.45, 2.75) is 43.8 Å². The number of carboxylic acid groups (broad SMARTS) is 1. The van der Waals surface area contributed by atoms with Crippen LogP contribution in [0.5, 0.6) is 0 Å². The summed E-state index contributed by atoms with van der Waals surface area (Å²) in [5, 5.41) is 12.9. The van der Waals surface area contributed by atoms with Gasteiger partial charge in [-0.3, -0.25) is 0 Å². The van der Waals surface area contributed by atoms with E-state index >= 15 is 0 Å². The zero-order valence-corrected chi connectivity index (χ0v) is 23.8. The summed E-state index contributed by atoms with van der Waals surface area (Å²) in [5.74, 6) is -1.05. The summed E-state index contributed by atoms with van der Waals surface area (Å²) in [6.45, 7) is 6.24. The summed E-state index contributed by atoms with van der Waals surface area (Å²) in [4.78, 5) is 17.4. The molecule has 2 aromatic carbocycles. The Morgan fingerprint density at radius 2 is 2.05 bits per heavy atom. The largest absolute Gasteiger partial charge is 0.480 e. The first-order chi connectivity index (χ1) is 17.6. The molecule has 0 radical (unpaired) electrons. The molecule has 2 N–H and O–H groups in total. The van der Waals surface area contributed by atoms with Gasteiger partial charge in [0, 0.05) is 34.8 Å². The molecule has 37 heavy (non-hydrogen) atoms. The summed E-state index contributed by atoms with van der Waals surface area (Å²) >= 11 is 9.68. The van der Waals surface area contributed by atoms with Gasteiger partial charge in [-0.05, 0) is 50.6 Å². The Labute approximate surface area is 229 Å². The summed E-state index contributed by atoms with van der Waals surface area (Å²) < 4.78 is 29.4. The van der Waals surface area contributed by atoms with E-state index in [1.54, 1.807) is 28.0 Å². The zero-order valence-electron chi connectivity index (χ0n) is 20.6. The number of nitrogens with one attached hydrogen (secondary N) is 1. The Balaban J connectivity index is 1.51. The summed E-state index contributed by atoms with van der Waals surface area (Å²) in [7, 11) is -3.52. The van der Waals surface area contributed by atoms with Crippen LogP contribution in [-0.2, 0) is 21.4 Å². The normalized spacial score (nSPS) is 20.8. The van der Waals surface area contributed by atoms with Crippen molar-refractivity contribution in [3.8, 4) is 0 Å². The van der Waals surface area contributed by atoms with Gasteiger partial charge >= 0.3 is 5.97 Å². The van der Waals surface area contributed by atoms with Crippen LogP contribution in [0.1, 0.15) is 25.3 Å². The molecule has 3 aromatic rings. The molecule has 5 rings (SSSR count). The minimum Gasteiger partial charge on any atom is -0.480 e. The van der Waals surface area contributed by atoms with Crippen molar-refractivity contribution >= 4 is 78.4 Å². The van der Waals surface area contributed by atoms with E-state index in [-0.39, 0.29) is 0 Å². The van der Waals surface area contributed by atoms with Gasteiger partial charge in [-0.1, -0.05) is 34.7 Å². The number of sulfonamides is 1. The number of benzene rings is 2. The molecular formula is C25H28ClN4O4S3+. The lowest BCUT2D eigenvalue weighted by molar-refractivity contribution is -0.665. The first-order valence-electron chi connectivity index (χ1n) is 12.0. The molecule has 3 heterocycles. The highest BCUT2D eigenvalue weighted by Gasteiger charge is 2.41. The van der Waals surface area contributed by atoms with E-state index in [0.29, 0.717) is 18.0 Å². The highest BCUT2D eigenvalue weighted by atomic mass is 35.5. The first-order valence-corrected chi connectivity index (χ1v) is 15.9. The van der Waals surface area contributed by atoms with Crippen molar-refractivity contribution < 1.29 is 22.9 Å². The molecule has 0 spiro atoms. The van der Waals surface area contributed by atoms with E-state index in [2.05, 4.69) is 40.2 Å². The van der Waals surface area contributed by atoms with Crippen LogP contribution in [0.3, 0.4) is 0 Å². The van der Waals surface area contributed by atoms with Crippen molar-refractivity contribution in [2.75, 3.05) is 29.1 Å². The van der Waals surface area contributed by atoms with Crippen LogP contribution >= 0.6 is 34.7 Å². The lowest BCUT2D eigenvalue weighted by atomic mass is 10.1. The van der Waals surface area contributed by atoms with Gasteiger partial charge in [0.1, 0.15) is 17.3 Å². The maximum absolute atomic E-state index is 12.1. The molecule has 1 fully saturated rings. The third-order valence-electron chi connectivity index (χ3n) is 6.63. The third kappa shape index (κ3) is 5.07. The number of anilines is 2. The molecular weight excluding hydrogens is 552 g/mol. The second kappa shape index (κ2) is 10.1. The fraction of sp³-hybridized carbons (Fsp3) is 0.360. The molecule has 0 amide bonds. The maximum Gasteiger partial charge on any atom is 0.328 e. The number of hydrogen-bond acceptors (Lipinski definition) is 7. The zero-order chi connectivity index (χ0) is 26.5. The van der Waals surface area contributed by atoms with Crippen LogP contribution in [0.15, 0.2) is 46.3 Å². The molecule has 2 aliphatic heterocycles. The van der Waals surface area contributed by atoms with Crippen LogP contribution in [0.25, 0.3) is 16.3 Å². The minimum absolute atomic E-state index is 0.422. The first kappa shape index (κ1) is 26.3. The standard InChI is InChI=1S/C25H27ClN4O4S3/c1-4-28-18-12-15(26)6-8-20(18)35-22(28)14-23-29(5-2)19-13-16(7-9-21(19)36-23)30-11-10-17(24(30)25(31)32)27-37(3,33)34/h6-9,12-14,17,24,27H,4-5,10-11H2,1-3H3/p+1. The molecule has 196 valence electrons. The van der Waals surface area contributed by atoms with E-state index in [1.165, 1.54) is 4.90 Å². The molecule has 0 saturated carbocycles. The van der Waals surface area contributed by atoms with Crippen molar-refractivity contribution in [3.63, 3.8) is 0 Å². The number of aryl methyl sites for hydroxylation is 1. The third-order valence-corrected chi connectivity index (χ3v) is 9.82. The second-order valence-corrected chi connectivity index (χ2v) is 13.4. The van der Waals surface area contributed by atoms with Crippen LogP contribution in [-0.4, -0.2) is 50.9 Å². The maximum atomic E-state index is 12.1. The summed E-state index contributed by atoms with van der Waals surface area (Å²) in [6.07, 6.45) is 3.69. The Kier molecular flexibility index (Phi) is 7.18. The number of fused-ring (bicyclic) bond motifs is 2. The smallest absolute Gasteiger partial charge is 0.328 e. The molecule has 8 nitrogen and oxygen atoms in total. The van der Waals surface area contributed by atoms with E-state index in [0.717, 1.165) is 51.0 Å². The number of aromatic nitrogens is 1. The SMILES string of the molecule is CCN1C(=Cc2sc3ccc(N4CCC(NS(C)(=O)=O)C4C(=O)O)cc3[n+]2CC)Sc2ccc(Cl)cc21. The Morgan fingerprint density at radius 3 is 2.73 bits per heavy atom. The van der Waals surface area contributed by atoms with Crippen molar-refractivity contribution in [1.29, 1.82) is 0 Å². The lowest BCUT2D eigenvalue weighted by Gasteiger charge is -2.26. The molecule has 1 aromatic heterocycles.